The first-order valence-corrected chi connectivity index (χ1v) is 11.9. The summed E-state index contributed by atoms with van der Waals surface area (Å²) in [5, 5.41) is 23.6. The molecule has 4 rings (SSSR count). The Kier molecular flexibility index (Phi) is 7.54. The minimum atomic E-state index is -0.116. The number of piperidine rings is 1. The van der Waals surface area contributed by atoms with E-state index < -0.39 is 0 Å². The van der Waals surface area contributed by atoms with Crippen molar-refractivity contribution in [3.63, 3.8) is 0 Å². The van der Waals surface area contributed by atoms with Gasteiger partial charge in [-0.05, 0) is 56.6 Å². The van der Waals surface area contributed by atoms with E-state index in [-0.39, 0.29) is 22.9 Å². The Hall–Kier alpha value is -3.30. The van der Waals surface area contributed by atoms with Gasteiger partial charge in [0.05, 0.1) is 24.7 Å². The maximum atomic E-state index is 12.0. The van der Waals surface area contributed by atoms with E-state index in [0.717, 1.165) is 48.1 Å². The first-order chi connectivity index (χ1) is 16.5. The molecule has 0 radical (unpaired) electrons. The zero-order valence-electron chi connectivity index (χ0n) is 19.4. The second-order valence-electron chi connectivity index (χ2n) is 8.35. The average Bonchev–Trinajstić information content (AvgIpc) is 3.10. The van der Waals surface area contributed by atoms with Crippen LogP contribution >= 0.6 is 12.2 Å². The number of nitrogens with zero attached hydrogens (tertiary/aromatic N) is 4. The van der Waals surface area contributed by atoms with E-state index in [1.807, 2.05) is 66.9 Å². The van der Waals surface area contributed by atoms with Crippen molar-refractivity contribution < 1.29 is 14.6 Å². The lowest BCUT2D eigenvalue weighted by molar-refractivity contribution is -0.149. The van der Waals surface area contributed by atoms with Crippen LogP contribution in [0.2, 0.25) is 0 Å². The predicted molar refractivity (Wildman–Crippen MR) is 136 cm³/mol. The molecule has 34 heavy (non-hydrogen) atoms. The number of hydrogen-bond donors (Lipinski definition) is 2. The number of benzene rings is 2. The zero-order valence-corrected chi connectivity index (χ0v) is 20.2. The van der Waals surface area contributed by atoms with Gasteiger partial charge in [0.1, 0.15) is 0 Å². The lowest BCUT2D eigenvalue weighted by Crippen LogP contribution is -2.37. The summed E-state index contributed by atoms with van der Waals surface area (Å²) in [6, 6.07) is 15.5. The summed E-state index contributed by atoms with van der Waals surface area (Å²) in [5.74, 6) is -0.136. The van der Waals surface area contributed by atoms with Crippen molar-refractivity contribution in [2.45, 2.75) is 33.4 Å². The van der Waals surface area contributed by atoms with Crippen molar-refractivity contribution >= 4 is 45.6 Å². The van der Waals surface area contributed by atoms with Crippen molar-refractivity contribution in [1.29, 1.82) is 0 Å². The topological polar surface area (TPSA) is 91.5 Å². The molecule has 8 nitrogen and oxygen atoms in total. The van der Waals surface area contributed by atoms with Gasteiger partial charge in [0.15, 0.2) is 5.69 Å². The Labute approximate surface area is 204 Å². The minimum Gasteiger partial charge on any atom is -0.493 e. The molecule has 3 aromatic rings. The number of aromatic nitrogens is 1. The summed E-state index contributed by atoms with van der Waals surface area (Å²) >= 11 is 5.34. The Morgan fingerprint density at radius 3 is 2.62 bits per heavy atom. The van der Waals surface area contributed by atoms with Gasteiger partial charge in [-0.15, -0.1) is 10.2 Å². The van der Waals surface area contributed by atoms with Crippen LogP contribution in [-0.2, 0) is 16.2 Å². The highest BCUT2D eigenvalue weighted by Crippen LogP contribution is 2.39. The van der Waals surface area contributed by atoms with Gasteiger partial charge in [-0.2, -0.15) is 0 Å². The first-order valence-electron chi connectivity index (χ1n) is 11.5. The molecule has 0 saturated carbocycles. The molecule has 1 aliphatic heterocycles. The zero-order chi connectivity index (χ0) is 24.1. The fraction of sp³-hybridized carbons (Fsp3) is 0.360. The average molecular weight is 480 g/mol. The van der Waals surface area contributed by atoms with Crippen LogP contribution in [-0.4, -0.2) is 45.4 Å². The Balaban J connectivity index is 1.50. The monoisotopic (exact) mass is 479 g/mol. The van der Waals surface area contributed by atoms with E-state index in [1.54, 1.807) is 0 Å². The summed E-state index contributed by atoms with van der Waals surface area (Å²) in [6.07, 6.45) is 1.48. The SMILES string of the molecule is CCOC(=O)C1CCN(Cn2c(O)c(N=NC(=S)Nc3ccccc3C)c3ccccc32)CC1. The number of aryl methyl sites for hydroxylation is 1. The van der Waals surface area contributed by atoms with Gasteiger partial charge in [0.2, 0.25) is 11.0 Å². The number of likely N-dealkylation sites (tertiary alicyclic amines) is 1. The fourth-order valence-electron chi connectivity index (χ4n) is 4.23. The maximum Gasteiger partial charge on any atom is 0.309 e. The van der Waals surface area contributed by atoms with E-state index in [9.17, 15) is 9.90 Å². The highest BCUT2D eigenvalue weighted by Gasteiger charge is 2.27. The standard InChI is InChI=1S/C25H29N5O3S/c1-3-33-24(32)18-12-14-29(15-13-18)16-30-21-11-7-5-9-19(21)22(23(30)31)27-28-25(34)26-20-10-6-4-8-17(20)2/h4-11,18,31H,3,12-16H2,1-2H3,(H,26,34). The summed E-state index contributed by atoms with van der Waals surface area (Å²) in [4.78, 5) is 14.2. The first kappa shape index (κ1) is 23.8. The number of rotatable bonds is 6. The summed E-state index contributed by atoms with van der Waals surface area (Å²) in [5.41, 5.74) is 3.15. The number of azo groups is 1. The van der Waals surface area contributed by atoms with Gasteiger partial charge in [0.25, 0.3) is 0 Å². The van der Waals surface area contributed by atoms with Crippen LogP contribution in [0.3, 0.4) is 0 Å². The molecule has 0 bridgehead atoms. The molecule has 1 fully saturated rings. The van der Waals surface area contributed by atoms with Crippen LogP contribution in [0.1, 0.15) is 25.3 Å². The second-order valence-corrected chi connectivity index (χ2v) is 8.73. The van der Waals surface area contributed by atoms with E-state index in [2.05, 4.69) is 20.4 Å². The lowest BCUT2D eigenvalue weighted by atomic mass is 9.97. The third-order valence-corrected chi connectivity index (χ3v) is 6.28. The molecule has 2 N–H and O–H groups in total. The minimum absolute atomic E-state index is 0.0381. The Bertz CT molecular complexity index is 1210. The number of esters is 1. The normalized spacial score (nSPS) is 15.1. The van der Waals surface area contributed by atoms with Gasteiger partial charge in [-0.3, -0.25) is 14.3 Å². The predicted octanol–water partition coefficient (Wildman–Crippen LogP) is 5.37. The highest BCUT2D eigenvalue weighted by atomic mass is 32.1. The molecule has 2 heterocycles. The fourth-order valence-corrected chi connectivity index (χ4v) is 4.38. The molecule has 0 unspecified atom stereocenters. The number of fused-ring (bicyclic) bond motifs is 1. The summed E-state index contributed by atoms with van der Waals surface area (Å²) in [7, 11) is 0. The highest BCUT2D eigenvalue weighted by molar-refractivity contribution is 7.80. The van der Waals surface area contributed by atoms with Gasteiger partial charge in [-0.1, -0.05) is 36.4 Å². The molecule has 1 saturated heterocycles. The lowest BCUT2D eigenvalue weighted by Gasteiger charge is -2.31. The number of carbonyl (C=O) groups excluding carboxylic acids is 1. The number of nitrogens with one attached hydrogen (secondary N) is 1. The molecule has 1 aliphatic rings. The maximum absolute atomic E-state index is 12.0. The van der Waals surface area contributed by atoms with Crippen LogP contribution in [0.5, 0.6) is 5.88 Å². The molecule has 1 aromatic heterocycles. The smallest absolute Gasteiger partial charge is 0.309 e. The van der Waals surface area contributed by atoms with E-state index in [4.69, 9.17) is 17.0 Å². The molecule has 0 atom stereocenters. The van der Waals surface area contributed by atoms with Gasteiger partial charge < -0.3 is 15.2 Å². The molecular weight excluding hydrogens is 450 g/mol. The Morgan fingerprint density at radius 1 is 1.18 bits per heavy atom. The number of aromatic hydroxyl groups is 1. The third kappa shape index (κ3) is 5.26. The number of carbonyl (C=O) groups is 1. The van der Waals surface area contributed by atoms with Crippen LogP contribution < -0.4 is 5.32 Å². The van der Waals surface area contributed by atoms with E-state index in [1.165, 1.54) is 0 Å². The second kappa shape index (κ2) is 10.8. The van der Waals surface area contributed by atoms with Crippen molar-refractivity contribution in [3.05, 3.63) is 54.1 Å². The van der Waals surface area contributed by atoms with Crippen LogP contribution in [0.15, 0.2) is 58.8 Å². The van der Waals surface area contributed by atoms with Crippen LogP contribution in [0, 0.1) is 12.8 Å². The number of ether oxygens (including phenoxy) is 1. The molecular formula is C25H29N5O3S. The number of anilines is 1. The van der Waals surface area contributed by atoms with Crippen molar-refractivity contribution in [3.8, 4) is 5.88 Å². The van der Waals surface area contributed by atoms with Gasteiger partial charge in [0, 0.05) is 24.2 Å². The molecule has 9 heteroatoms. The van der Waals surface area contributed by atoms with Crippen molar-refractivity contribution in [2.24, 2.45) is 16.1 Å². The van der Waals surface area contributed by atoms with E-state index in [0.29, 0.717) is 19.0 Å². The Morgan fingerprint density at radius 2 is 1.88 bits per heavy atom. The van der Waals surface area contributed by atoms with Crippen LogP contribution in [0.4, 0.5) is 11.4 Å². The molecule has 0 amide bonds. The molecule has 2 aromatic carbocycles. The van der Waals surface area contributed by atoms with Gasteiger partial charge >= 0.3 is 5.97 Å². The molecule has 0 spiro atoms. The van der Waals surface area contributed by atoms with Gasteiger partial charge in [-0.25, -0.2) is 0 Å². The number of para-hydroxylation sites is 2. The number of thiocarbonyl (C=S) groups is 1. The molecule has 0 aliphatic carbocycles. The van der Waals surface area contributed by atoms with Crippen molar-refractivity contribution in [2.75, 3.05) is 25.0 Å². The third-order valence-electron chi connectivity index (χ3n) is 6.09. The van der Waals surface area contributed by atoms with Crippen LogP contribution in [0.25, 0.3) is 10.9 Å². The quantitative estimate of drug-likeness (QED) is 0.281. The van der Waals surface area contributed by atoms with E-state index >= 15 is 0 Å². The summed E-state index contributed by atoms with van der Waals surface area (Å²) in [6.45, 7) is 6.20. The largest absolute Gasteiger partial charge is 0.493 e. The van der Waals surface area contributed by atoms with Crippen molar-refractivity contribution in [1.82, 2.24) is 9.47 Å². The number of hydrogen-bond acceptors (Lipinski definition) is 6. The molecule has 178 valence electrons. The summed E-state index contributed by atoms with van der Waals surface area (Å²) < 4.78 is 6.99.